The standard InChI is InChI=1S/C20H25BrO8/c1-11-18(26-13(3)23)17(10-25-12(2)22)29-20(19(11)27-14(4)24)28-16-7-5-15(9-21)6-8-16/h5-8,11,17-20H,9-10H2,1-4H3/t11-,17?,18+,19?,20+/m0/s1. The number of halogens is 1. The van der Waals surface area contributed by atoms with Gasteiger partial charge in [0.05, 0.1) is 0 Å². The Balaban J connectivity index is 2.27. The van der Waals surface area contributed by atoms with Gasteiger partial charge in [-0.05, 0) is 17.7 Å². The van der Waals surface area contributed by atoms with Crippen LogP contribution < -0.4 is 4.74 Å². The third kappa shape index (κ3) is 6.71. The fourth-order valence-electron chi connectivity index (χ4n) is 3.05. The molecule has 1 fully saturated rings. The first kappa shape index (κ1) is 23.2. The van der Waals surface area contributed by atoms with Crippen molar-refractivity contribution in [2.45, 2.75) is 57.6 Å². The second-order valence-electron chi connectivity index (χ2n) is 6.75. The van der Waals surface area contributed by atoms with Gasteiger partial charge in [-0.1, -0.05) is 35.0 Å². The van der Waals surface area contributed by atoms with Crippen molar-refractivity contribution in [2.24, 2.45) is 5.92 Å². The summed E-state index contributed by atoms with van der Waals surface area (Å²) in [6.45, 7) is 5.45. The number of carbonyl (C=O) groups excluding carboxylic acids is 3. The molecular weight excluding hydrogens is 448 g/mol. The minimum absolute atomic E-state index is 0.132. The van der Waals surface area contributed by atoms with Gasteiger partial charge in [-0.3, -0.25) is 14.4 Å². The van der Waals surface area contributed by atoms with E-state index in [9.17, 15) is 14.4 Å². The van der Waals surface area contributed by atoms with E-state index in [1.807, 2.05) is 12.1 Å². The molecule has 0 amide bonds. The summed E-state index contributed by atoms with van der Waals surface area (Å²) in [6.07, 6.45) is -3.37. The van der Waals surface area contributed by atoms with E-state index < -0.39 is 48.4 Å². The molecular formula is C20H25BrO8. The average Bonchev–Trinajstić information content (AvgIpc) is 2.65. The molecule has 29 heavy (non-hydrogen) atoms. The van der Waals surface area contributed by atoms with Gasteiger partial charge < -0.3 is 23.7 Å². The van der Waals surface area contributed by atoms with Gasteiger partial charge in [0.15, 0.2) is 6.10 Å². The van der Waals surface area contributed by atoms with Crippen LogP contribution in [0.2, 0.25) is 0 Å². The normalized spacial score (nSPS) is 26.3. The number of ether oxygens (including phenoxy) is 5. The second-order valence-corrected chi connectivity index (χ2v) is 7.31. The van der Waals surface area contributed by atoms with Crippen molar-refractivity contribution in [1.82, 2.24) is 0 Å². The zero-order chi connectivity index (χ0) is 21.6. The molecule has 0 N–H and O–H groups in total. The molecule has 9 heteroatoms. The summed E-state index contributed by atoms with van der Waals surface area (Å²) in [5.41, 5.74) is 1.06. The highest BCUT2D eigenvalue weighted by molar-refractivity contribution is 9.08. The minimum Gasteiger partial charge on any atom is -0.463 e. The van der Waals surface area contributed by atoms with Gasteiger partial charge in [-0.2, -0.15) is 0 Å². The number of alkyl halides is 1. The van der Waals surface area contributed by atoms with Gasteiger partial charge in [0.1, 0.15) is 24.6 Å². The van der Waals surface area contributed by atoms with Gasteiger partial charge in [0, 0.05) is 32.0 Å². The van der Waals surface area contributed by atoms with Crippen molar-refractivity contribution in [3.05, 3.63) is 29.8 Å². The van der Waals surface area contributed by atoms with Crippen molar-refractivity contribution in [2.75, 3.05) is 6.61 Å². The number of esters is 3. The zero-order valence-corrected chi connectivity index (χ0v) is 18.3. The van der Waals surface area contributed by atoms with E-state index in [0.717, 1.165) is 5.56 Å². The van der Waals surface area contributed by atoms with E-state index >= 15 is 0 Å². The molecule has 5 atom stereocenters. The van der Waals surface area contributed by atoms with Crippen LogP contribution in [0.4, 0.5) is 0 Å². The molecule has 2 unspecified atom stereocenters. The highest BCUT2D eigenvalue weighted by Crippen LogP contribution is 2.32. The lowest BCUT2D eigenvalue weighted by atomic mass is 9.90. The number of rotatable bonds is 7. The van der Waals surface area contributed by atoms with Crippen LogP contribution >= 0.6 is 15.9 Å². The molecule has 1 aromatic rings. The topological polar surface area (TPSA) is 97.4 Å². The average molecular weight is 473 g/mol. The first-order valence-corrected chi connectivity index (χ1v) is 10.3. The molecule has 8 nitrogen and oxygen atoms in total. The van der Waals surface area contributed by atoms with E-state index in [4.69, 9.17) is 23.7 Å². The lowest BCUT2D eigenvalue weighted by molar-refractivity contribution is -0.271. The predicted molar refractivity (Wildman–Crippen MR) is 105 cm³/mol. The molecule has 2 rings (SSSR count). The van der Waals surface area contributed by atoms with E-state index in [1.54, 1.807) is 19.1 Å². The Morgan fingerprint density at radius 1 is 0.966 bits per heavy atom. The maximum Gasteiger partial charge on any atom is 0.303 e. The van der Waals surface area contributed by atoms with Crippen LogP contribution in [0.5, 0.6) is 5.75 Å². The quantitative estimate of drug-likeness (QED) is 0.339. The summed E-state index contributed by atoms with van der Waals surface area (Å²) in [7, 11) is 0. The maximum atomic E-state index is 11.6. The first-order valence-electron chi connectivity index (χ1n) is 9.16. The summed E-state index contributed by atoms with van der Waals surface area (Å²) < 4.78 is 27.7. The van der Waals surface area contributed by atoms with Crippen molar-refractivity contribution in [3.8, 4) is 5.75 Å². The van der Waals surface area contributed by atoms with Crippen LogP contribution in [0.25, 0.3) is 0 Å². The predicted octanol–water partition coefficient (Wildman–Crippen LogP) is 2.75. The monoisotopic (exact) mass is 472 g/mol. The molecule has 0 radical (unpaired) electrons. The third-order valence-electron chi connectivity index (χ3n) is 4.36. The molecule has 1 aromatic carbocycles. The Bertz CT molecular complexity index is 718. The Hall–Kier alpha value is -2.13. The van der Waals surface area contributed by atoms with Crippen LogP contribution in [0.1, 0.15) is 33.3 Å². The molecule has 0 bridgehead atoms. The Labute approximate surface area is 177 Å². The van der Waals surface area contributed by atoms with E-state index in [1.165, 1.54) is 20.8 Å². The minimum atomic E-state index is -0.976. The van der Waals surface area contributed by atoms with Crippen molar-refractivity contribution < 1.29 is 38.1 Å². The van der Waals surface area contributed by atoms with Crippen molar-refractivity contribution in [3.63, 3.8) is 0 Å². The molecule has 1 aliphatic rings. The van der Waals surface area contributed by atoms with Crippen molar-refractivity contribution >= 4 is 33.8 Å². The molecule has 0 saturated carbocycles. The van der Waals surface area contributed by atoms with Gasteiger partial charge >= 0.3 is 17.9 Å². The van der Waals surface area contributed by atoms with Gasteiger partial charge in [-0.25, -0.2) is 0 Å². The molecule has 1 aliphatic heterocycles. The molecule has 0 aliphatic carbocycles. The third-order valence-corrected chi connectivity index (χ3v) is 5.01. The van der Waals surface area contributed by atoms with E-state index in [0.29, 0.717) is 11.1 Å². The van der Waals surface area contributed by atoms with Crippen LogP contribution in [0.3, 0.4) is 0 Å². The molecule has 1 heterocycles. The smallest absolute Gasteiger partial charge is 0.303 e. The van der Waals surface area contributed by atoms with Crippen LogP contribution in [-0.2, 0) is 38.7 Å². The van der Waals surface area contributed by atoms with Gasteiger partial charge in [0.25, 0.3) is 0 Å². The summed E-state index contributed by atoms with van der Waals surface area (Å²) in [5.74, 6) is -1.49. The first-order chi connectivity index (χ1) is 13.7. The van der Waals surface area contributed by atoms with Crippen LogP contribution in [0, 0.1) is 5.92 Å². The largest absolute Gasteiger partial charge is 0.463 e. The molecule has 0 spiro atoms. The van der Waals surface area contributed by atoms with E-state index in [-0.39, 0.29) is 6.61 Å². The zero-order valence-electron chi connectivity index (χ0n) is 16.8. The Kier molecular flexibility index (Phi) is 8.45. The summed E-state index contributed by atoms with van der Waals surface area (Å²) in [6, 6.07) is 7.31. The van der Waals surface area contributed by atoms with Gasteiger partial charge in [-0.15, -0.1) is 0 Å². The lowest BCUT2D eigenvalue weighted by Crippen LogP contribution is -2.58. The molecule has 0 aromatic heterocycles. The number of carbonyl (C=O) groups is 3. The number of hydrogen-bond acceptors (Lipinski definition) is 8. The number of hydrogen-bond donors (Lipinski definition) is 0. The Morgan fingerprint density at radius 3 is 2.07 bits per heavy atom. The molecule has 1 saturated heterocycles. The SMILES string of the molecule is CC(=O)OCC1O[C@@H](Oc2ccc(CBr)cc2)C(OC(C)=O)[C@@H](C)[C@H]1OC(C)=O. The summed E-state index contributed by atoms with van der Waals surface area (Å²) >= 11 is 3.38. The van der Waals surface area contributed by atoms with E-state index in [2.05, 4.69) is 15.9 Å². The highest BCUT2D eigenvalue weighted by Gasteiger charge is 2.49. The summed E-state index contributed by atoms with van der Waals surface area (Å²) in [5, 5.41) is 0.703. The second kappa shape index (κ2) is 10.6. The fourth-order valence-corrected chi connectivity index (χ4v) is 3.42. The lowest BCUT2D eigenvalue weighted by Gasteiger charge is -2.43. The molecule has 160 valence electrons. The number of benzene rings is 1. The summed E-state index contributed by atoms with van der Waals surface area (Å²) in [4.78, 5) is 34.5. The maximum absolute atomic E-state index is 11.6. The van der Waals surface area contributed by atoms with Crippen LogP contribution in [-0.4, -0.2) is 49.1 Å². The van der Waals surface area contributed by atoms with Crippen LogP contribution in [0.15, 0.2) is 24.3 Å². The van der Waals surface area contributed by atoms with Crippen molar-refractivity contribution in [1.29, 1.82) is 0 Å². The van der Waals surface area contributed by atoms with Gasteiger partial charge in [0.2, 0.25) is 6.29 Å². The fraction of sp³-hybridized carbons (Fsp3) is 0.550. The Morgan fingerprint density at radius 2 is 1.55 bits per heavy atom. The highest BCUT2D eigenvalue weighted by atomic mass is 79.9.